The van der Waals surface area contributed by atoms with E-state index in [0.29, 0.717) is 0 Å². The standard InChI is InChI=1S/C14H15N.C6H15N/c1-3-7-13(8-4-1)11-15-12-14-9-5-2-6-10-14;1-3-5-7-6-4-2/h1-10,15H,11-12H2;7H,3-6H2,1-2H3. The Balaban J connectivity index is 0.000000295. The van der Waals surface area contributed by atoms with Crippen molar-refractivity contribution in [3.05, 3.63) is 71.8 Å². The van der Waals surface area contributed by atoms with Gasteiger partial charge in [0.05, 0.1) is 0 Å². The molecule has 0 aromatic heterocycles. The van der Waals surface area contributed by atoms with Crippen LogP contribution in [0.15, 0.2) is 60.7 Å². The van der Waals surface area contributed by atoms with Crippen LogP contribution in [-0.4, -0.2) is 13.1 Å². The minimum Gasteiger partial charge on any atom is -0.317 e. The molecule has 0 aliphatic carbocycles. The first-order valence-corrected chi connectivity index (χ1v) is 8.36. The maximum atomic E-state index is 3.42. The molecule has 2 rings (SSSR count). The molecule has 0 radical (unpaired) electrons. The number of rotatable bonds is 8. The Hall–Kier alpha value is -1.64. The Morgan fingerprint density at radius 2 is 1.00 bits per heavy atom. The van der Waals surface area contributed by atoms with Gasteiger partial charge < -0.3 is 10.6 Å². The summed E-state index contributed by atoms with van der Waals surface area (Å²) in [6.07, 6.45) is 2.50. The van der Waals surface area contributed by atoms with E-state index in [1.54, 1.807) is 0 Å². The first-order chi connectivity index (χ1) is 10.9. The lowest BCUT2D eigenvalue weighted by Gasteiger charge is -2.04. The van der Waals surface area contributed by atoms with Crippen molar-refractivity contribution in [1.29, 1.82) is 0 Å². The SMILES string of the molecule is CCCNCCC.c1ccc(CNCc2ccccc2)cc1. The van der Waals surface area contributed by atoms with Crippen molar-refractivity contribution in [2.45, 2.75) is 39.8 Å². The van der Waals surface area contributed by atoms with E-state index in [9.17, 15) is 0 Å². The van der Waals surface area contributed by atoms with E-state index in [2.05, 4.69) is 73.0 Å². The molecule has 2 aromatic carbocycles. The number of hydrogen-bond acceptors (Lipinski definition) is 2. The second-order valence-electron chi connectivity index (χ2n) is 5.32. The Kier molecular flexibility index (Phi) is 10.9. The summed E-state index contributed by atoms with van der Waals surface area (Å²) in [4.78, 5) is 0. The van der Waals surface area contributed by atoms with Gasteiger partial charge >= 0.3 is 0 Å². The van der Waals surface area contributed by atoms with E-state index in [1.165, 1.54) is 37.1 Å². The number of nitrogens with one attached hydrogen (secondary N) is 2. The van der Waals surface area contributed by atoms with Gasteiger partial charge in [0.25, 0.3) is 0 Å². The minimum absolute atomic E-state index is 0.926. The minimum atomic E-state index is 0.926. The average Bonchev–Trinajstić information content (AvgIpc) is 2.58. The largest absolute Gasteiger partial charge is 0.317 e. The van der Waals surface area contributed by atoms with Crippen molar-refractivity contribution in [3.8, 4) is 0 Å². The Bertz CT molecular complexity index is 410. The van der Waals surface area contributed by atoms with Crippen LogP contribution in [0.1, 0.15) is 37.8 Å². The smallest absolute Gasteiger partial charge is 0.0208 e. The predicted octanol–water partition coefficient (Wildman–Crippen LogP) is 4.37. The molecule has 0 spiro atoms. The van der Waals surface area contributed by atoms with Gasteiger partial charge in [0.2, 0.25) is 0 Å². The summed E-state index contributed by atoms with van der Waals surface area (Å²) < 4.78 is 0. The number of hydrogen-bond donors (Lipinski definition) is 2. The van der Waals surface area contributed by atoms with Crippen molar-refractivity contribution in [2.24, 2.45) is 0 Å². The zero-order valence-corrected chi connectivity index (χ0v) is 14.0. The molecular formula is C20H30N2. The maximum Gasteiger partial charge on any atom is 0.0208 e. The predicted molar refractivity (Wildman–Crippen MR) is 96.9 cm³/mol. The third kappa shape index (κ3) is 9.32. The molecule has 2 N–H and O–H groups in total. The second kappa shape index (κ2) is 13.1. The van der Waals surface area contributed by atoms with Crippen molar-refractivity contribution in [3.63, 3.8) is 0 Å². The monoisotopic (exact) mass is 298 g/mol. The zero-order chi connectivity index (χ0) is 15.9. The van der Waals surface area contributed by atoms with Crippen LogP contribution < -0.4 is 10.6 Å². The van der Waals surface area contributed by atoms with Crippen molar-refractivity contribution >= 4 is 0 Å². The van der Waals surface area contributed by atoms with Crippen molar-refractivity contribution < 1.29 is 0 Å². The van der Waals surface area contributed by atoms with Gasteiger partial charge in [-0.2, -0.15) is 0 Å². The Morgan fingerprint density at radius 1 is 0.591 bits per heavy atom. The normalized spacial score (nSPS) is 9.91. The molecule has 22 heavy (non-hydrogen) atoms. The van der Waals surface area contributed by atoms with Gasteiger partial charge in [0.15, 0.2) is 0 Å². The van der Waals surface area contributed by atoms with E-state index in [0.717, 1.165) is 13.1 Å². The molecule has 0 saturated heterocycles. The fraction of sp³-hybridized carbons (Fsp3) is 0.400. The molecular weight excluding hydrogens is 268 g/mol. The lowest BCUT2D eigenvalue weighted by molar-refractivity contribution is 0.662. The van der Waals surface area contributed by atoms with Crippen LogP contribution in [0, 0.1) is 0 Å². The van der Waals surface area contributed by atoms with E-state index in [1.807, 2.05) is 12.1 Å². The molecule has 0 amide bonds. The third-order valence-corrected chi connectivity index (χ3v) is 3.20. The first-order valence-electron chi connectivity index (χ1n) is 8.36. The number of benzene rings is 2. The molecule has 0 saturated carbocycles. The topological polar surface area (TPSA) is 24.1 Å². The van der Waals surface area contributed by atoms with Crippen LogP contribution in [0.5, 0.6) is 0 Å². The summed E-state index contributed by atoms with van der Waals surface area (Å²) in [6, 6.07) is 20.9. The first kappa shape index (κ1) is 18.4. The van der Waals surface area contributed by atoms with Gasteiger partial charge in [-0.05, 0) is 37.1 Å². The lowest BCUT2D eigenvalue weighted by atomic mass is 10.2. The van der Waals surface area contributed by atoms with Crippen LogP contribution in [0.2, 0.25) is 0 Å². The highest BCUT2D eigenvalue weighted by Crippen LogP contribution is 2.00. The summed E-state index contributed by atoms with van der Waals surface area (Å²) in [7, 11) is 0. The van der Waals surface area contributed by atoms with Crippen molar-refractivity contribution in [1.82, 2.24) is 10.6 Å². The highest BCUT2D eigenvalue weighted by molar-refractivity contribution is 5.16. The van der Waals surface area contributed by atoms with Gasteiger partial charge in [-0.25, -0.2) is 0 Å². The van der Waals surface area contributed by atoms with Crippen LogP contribution in [0.4, 0.5) is 0 Å². The Morgan fingerprint density at radius 3 is 1.36 bits per heavy atom. The molecule has 0 atom stereocenters. The van der Waals surface area contributed by atoms with Crippen molar-refractivity contribution in [2.75, 3.05) is 13.1 Å². The fourth-order valence-electron chi connectivity index (χ4n) is 2.02. The van der Waals surface area contributed by atoms with Gasteiger partial charge in [-0.15, -0.1) is 0 Å². The Labute approximate surface area is 136 Å². The third-order valence-electron chi connectivity index (χ3n) is 3.20. The fourth-order valence-corrected chi connectivity index (χ4v) is 2.02. The molecule has 2 heteroatoms. The quantitative estimate of drug-likeness (QED) is 0.707. The second-order valence-corrected chi connectivity index (χ2v) is 5.32. The average molecular weight is 298 g/mol. The van der Waals surface area contributed by atoms with Crippen LogP contribution >= 0.6 is 0 Å². The summed E-state index contributed by atoms with van der Waals surface area (Å²) in [5.74, 6) is 0. The van der Waals surface area contributed by atoms with Gasteiger partial charge in [0, 0.05) is 13.1 Å². The molecule has 0 bridgehead atoms. The van der Waals surface area contributed by atoms with Gasteiger partial charge in [-0.3, -0.25) is 0 Å². The molecule has 2 nitrogen and oxygen atoms in total. The van der Waals surface area contributed by atoms with E-state index >= 15 is 0 Å². The van der Waals surface area contributed by atoms with E-state index in [4.69, 9.17) is 0 Å². The van der Waals surface area contributed by atoms with Gasteiger partial charge in [0.1, 0.15) is 0 Å². The van der Waals surface area contributed by atoms with E-state index < -0.39 is 0 Å². The van der Waals surface area contributed by atoms with Crippen LogP contribution in [-0.2, 0) is 13.1 Å². The maximum absolute atomic E-state index is 3.42. The van der Waals surface area contributed by atoms with Gasteiger partial charge in [-0.1, -0.05) is 74.5 Å². The summed E-state index contributed by atoms with van der Waals surface area (Å²) >= 11 is 0. The molecule has 2 aromatic rings. The lowest BCUT2D eigenvalue weighted by Crippen LogP contribution is -2.14. The highest BCUT2D eigenvalue weighted by atomic mass is 14.8. The van der Waals surface area contributed by atoms with Crippen LogP contribution in [0.3, 0.4) is 0 Å². The molecule has 0 unspecified atom stereocenters. The molecule has 0 aliphatic rings. The molecule has 0 aliphatic heterocycles. The van der Waals surface area contributed by atoms with E-state index in [-0.39, 0.29) is 0 Å². The molecule has 120 valence electrons. The highest BCUT2D eigenvalue weighted by Gasteiger charge is 1.92. The molecule has 0 fully saturated rings. The zero-order valence-electron chi connectivity index (χ0n) is 14.0. The summed E-state index contributed by atoms with van der Waals surface area (Å²) in [5, 5.41) is 6.70. The van der Waals surface area contributed by atoms with Crippen LogP contribution in [0.25, 0.3) is 0 Å². The molecule has 0 heterocycles. The summed E-state index contributed by atoms with van der Waals surface area (Å²) in [5.41, 5.74) is 2.65. The summed E-state index contributed by atoms with van der Waals surface area (Å²) in [6.45, 7) is 8.57.